The Morgan fingerprint density at radius 2 is 1.78 bits per heavy atom. The summed E-state index contributed by atoms with van der Waals surface area (Å²) in [6, 6.07) is 18.2. The number of piperidine rings is 1. The maximum absolute atomic E-state index is 14.3. The van der Waals surface area contributed by atoms with Gasteiger partial charge in [-0.05, 0) is 99.4 Å². The Labute approximate surface area is 251 Å². The topological polar surface area (TPSA) is 43.9 Å². The molecular weight excluding hydrogens is 560 g/mol. The van der Waals surface area contributed by atoms with Crippen molar-refractivity contribution in [3.8, 4) is 0 Å². The fourth-order valence-corrected chi connectivity index (χ4v) is 6.74. The zero-order chi connectivity index (χ0) is 29.3. The average molecular weight is 597 g/mol. The van der Waals surface area contributed by atoms with Gasteiger partial charge in [0.15, 0.2) is 0 Å². The smallest absolute Gasteiger partial charge is 0.253 e. The number of nitrogens with zero attached hydrogens (tertiary/aromatic N) is 3. The van der Waals surface area contributed by atoms with Crippen LogP contribution in [0.15, 0.2) is 60.7 Å². The van der Waals surface area contributed by atoms with Gasteiger partial charge in [0.2, 0.25) is 5.91 Å². The Kier molecular flexibility index (Phi) is 8.74. The van der Waals surface area contributed by atoms with E-state index >= 15 is 0 Å². The normalized spacial score (nSPS) is 17.0. The van der Waals surface area contributed by atoms with Crippen molar-refractivity contribution in [3.63, 3.8) is 0 Å². The minimum Gasteiger partial charge on any atom is -0.341 e. The lowest BCUT2D eigenvalue weighted by atomic mass is 9.74. The van der Waals surface area contributed by atoms with Gasteiger partial charge in [-0.25, -0.2) is 4.39 Å². The van der Waals surface area contributed by atoms with Gasteiger partial charge in [0.25, 0.3) is 5.91 Å². The Morgan fingerprint density at radius 3 is 2.46 bits per heavy atom. The molecule has 0 aliphatic carbocycles. The van der Waals surface area contributed by atoms with E-state index in [0.717, 1.165) is 61.3 Å². The highest BCUT2D eigenvalue weighted by Crippen LogP contribution is 2.47. The number of carbonyl (C=O) groups is 2. The molecule has 3 aromatic rings. The summed E-state index contributed by atoms with van der Waals surface area (Å²) in [6.45, 7) is 7.26. The molecule has 1 fully saturated rings. The van der Waals surface area contributed by atoms with E-state index in [4.69, 9.17) is 23.2 Å². The SMILES string of the molecule is CC(=O)N1CC2(CCN(CCC(CN(C)C(=O)c3cccc(C)c3)c3ccc(Cl)c(Cl)c3)CC2)c2cc(F)ccc21. The van der Waals surface area contributed by atoms with Crippen LogP contribution >= 0.6 is 23.2 Å². The van der Waals surface area contributed by atoms with Crippen LogP contribution < -0.4 is 4.90 Å². The molecule has 5 nitrogen and oxygen atoms in total. The second-order valence-electron chi connectivity index (χ2n) is 11.6. The maximum Gasteiger partial charge on any atom is 0.253 e. The number of hydrogen-bond acceptors (Lipinski definition) is 3. The third-order valence-corrected chi connectivity index (χ3v) is 9.53. The van der Waals surface area contributed by atoms with Crippen molar-refractivity contribution in [1.29, 1.82) is 0 Å². The molecule has 2 aliphatic rings. The molecule has 5 rings (SSSR count). The lowest BCUT2D eigenvalue weighted by Crippen LogP contribution is -2.46. The standard InChI is InChI=1S/C33H36Cl2FN3O2/c1-22-5-4-6-25(17-22)32(41)37(3)20-26(24-7-9-29(34)30(35)18-24)11-14-38-15-12-33(13-16-38)21-39(23(2)40)31-10-8-27(36)19-28(31)33/h4-10,17-19,26H,11-16,20-21H2,1-3H3. The molecule has 2 heterocycles. The van der Waals surface area contributed by atoms with Crippen LogP contribution in [0.5, 0.6) is 0 Å². The third-order valence-electron chi connectivity index (χ3n) is 8.79. The van der Waals surface area contributed by atoms with E-state index in [1.165, 1.54) is 6.07 Å². The summed E-state index contributed by atoms with van der Waals surface area (Å²) in [4.78, 5) is 31.6. The van der Waals surface area contributed by atoms with Gasteiger partial charge in [0.05, 0.1) is 10.0 Å². The molecule has 0 saturated carbocycles. The summed E-state index contributed by atoms with van der Waals surface area (Å²) in [5, 5.41) is 1.01. The van der Waals surface area contributed by atoms with Crippen LogP contribution in [0.4, 0.5) is 10.1 Å². The van der Waals surface area contributed by atoms with Gasteiger partial charge in [-0.1, -0.05) is 47.0 Å². The summed E-state index contributed by atoms with van der Waals surface area (Å²) >= 11 is 12.6. The highest BCUT2D eigenvalue weighted by molar-refractivity contribution is 6.42. The number of halogens is 3. The molecule has 2 amide bonds. The Balaban J connectivity index is 1.28. The lowest BCUT2D eigenvalue weighted by Gasteiger charge is -2.40. The van der Waals surface area contributed by atoms with Crippen molar-refractivity contribution in [3.05, 3.63) is 98.8 Å². The van der Waals surface area contributed by atoms with Crippen molar-refractivity contribution in [2.75, 3.05) is 44.7 Å². The molecule has 1 unspecified atom stereocenters. The van der Waals surface area contributed by atoms with Crippen molar-refractivity contribution in [2.45, 2.75) is 44.4 Å². The summed E-state index contributed by atoms with van der Waals surface area (Å²) in [6.07, 6.45) is 2.55. The number of likely N-dealkylation sites (tertiary alicyclic amines) is 1. The van der Waals surface area contributed by atoms with Gasteiger partial charge in [0, 0.05) is 49.6 Å². The predicted octanol–water partition coefficient (Wildman–Crippen LogP) is 7.09. The molecule has 0 radical (unpaired) electrons. The minimum atomic E-state index is -0.259. The summed E-state index contributed by atoms with van der Waals surface area (Å²) in [5.74, 6) is -0.217. The number of aryl methyl sites for hydroxylation is 1. The molecule has 1 atom stereocenters. The molecule has 2 aliphatic heterocycles. The average Bonchev–Trinajstić information content (AvgIpc) is 3.26. The maximum atomic E-state index is 14.3. The van der Waals surface area contributed by atoms with Crippen LogP contribution in [0.2, 0.25) is 10.0 Å². The molecule has 216 valence electrons. The molecule has 0 aromatic heterocycles. The van der Waals surface area contributed by atoms with Gasteiger partial charge < -0.3 is 14.7 Å². The van der Waals surface area contributed by atoms with Crippen LogP contribution in [-0.4, -0.2) is 61.4 Å². The Hall–Kier alpha value is -2.93. The number of anilines is 1. The molecule has 0 bridgehead atoms. The summed E-state index contributed by atoms with van der Waals surface area (Å²) in [5.41, 5.74) is 4.35. The Morgan fingerprint density at radius 1 is 1.02 bits per heavy atom. The first-order valence-corrected chi connectivity index (χ1v) is 14.9. The molecule has 8 heteroatoms. The lowest BCUT2D eigenvalue weighted by molar-refractivity contribution is -0.116. The van der Waals surface area contributed by atoms with Crippen LogP contribution in [0.3, 0.4) is 0 Å². The van der Waals surface area contributed by atoms with E-state index in [1.807, 2.05) is 56.4 Å². The highest BCUT2D eigenvalue weighted by atomic mass is 35.5. The monoisotopic (exact) mass is 595 g/mol. The number of likely N-dealkylation sites (N-methyl/N-ethyl adjacent to an activating group) is 1. The first kappa shape index (κ1) is 29.6. The third kappa shape index (κ3) is 6.30. The number of rotatable bonds is 7. The largest absolute Gasteiger partial charge is 0.341 e. The Bertz CT molecular complexity index is 1450. The van der Waals surface area contributed by atoms with E-state index in [-0.39, 0.29) is 29.0 Å². The fraction of sp³-hybridized carbons (Fsp3) is 0.394. The number of benzene rings is 3. The summed E-state index contributed by atoms with van der Waals surface area (Å²) < 4.78 is 14.3. The van der Waals surface area contributed by atoms with E-state index in [0.29, 0.717) is 28.7 Å². The van der Waals surface area contributed by atoms with Crippen LogP contribution in [0.1, 0.15) is 59.2 Å². The first-order chi connectivity index (χ1) is 19.6. The second-order valence-corrected chi connectivity index (χ2v) is 12.4. The van der Waals surface area contributed by atoms with E-state index < -0.39 is 0 Å². The molecule has 1 spiro atoms. The first-order valence-electron chi connectivity index (χ1n) is 14.1. The molecule has 3 aromatic carbocycles. The van der Waals surface area contributed by atoms with Gasteiger partial charge >= 0.3 is 0 Å². The van der Waals surface area contributed by atoms with Gasteiger partial charge in [-0.15, -0.1) is 0 Å². The highest BCUT2D eigenvalue weighted by Gasteiger charge is 2.45. The molecule has 41 heavy (non-hydrogen) atoms. The minimum absolute atomic E-state index is 0.00837. The van der Waals surface area contributed by atoms with Crippen molar-refractivity contribution < 1.29 is 14.0 Å². The van der Waals surface area contributed by atoms with E-state index in [2.05, 4.69) is 4.90 Å². The van der Waals surface area contributed by atoms with Crippen LogP contribution in [0.25, 0.3) is 0 Å². The molecule has 0 N–H and O–H groups in total. The van der Waals surface area contributed by atoms with Crippen molar-refractivity contribution >= 4 is 40.7 Å². The van der Waals surface area contributed by atoms with E-state index in [1.54, 1.807) is 28.9 Å². The van der Waals surface area contributed by atoms with Crippen LogP contribution in [-0.2, 0) is 10.2 Å². The number of hydrogen-bond donors (Lipinski definition) is 0. The zero-order valence-corrected chi connectivity index (χ0v) is 25.3. The van der Waals surface area contributed by atoms with Gasteiger partial charge in [0.1, 0.15) is 5.82 Å². The number of amides is 2. The number of fused-ring (bicyclic) bond motifs is 2. The molecule has 1 saturated heterocycles. The number of carbonyl (C=O) groups excluding carboxylic acids is 2. The predicted molar refractivity (Wildman–Crippen MR) is 164 cm³/mol. The van der Waals surface area contributed by atoms with Gasteiger partial charge in [-0.3, -0.25) is 9.59 Å². The van der Waals surface area contributed by atoms with Crippen molar-refractivity contribution in [2.24, 2.45) is 0 Å². The zero-order valence-electron chi connectivity index (χ0n) is 23.8. The fourth-order valence-electron chi connectivity index (χ4n) is 6.43. The second kappa shape index (κ2) is 12.1. The quantitative estimate of drug-likeness (QED) is 0.293. The van der Waals surface area contributed by atoms with Gasteiger partial charge in [-0.2, -0.15) is 0 Å². The van der Waals surface area contributed by atoms with Crippen molar-refractivity contribution in [1.82, 2.24) is 9.80 Å². The van der Waals surface area contributed by atoms with Crippen LogP contribution in [0, 0.1) is 12.7 Å². The summed E-state index contributed by atoms with van der Waals surface area (Å²) in [7, 11) is 1.84. The van der Waals surface area contributed by atoms with E-state index in [9.17, 15) is 14.0 Å². The molecular formula is C33H36Cl2FN3O2.